The summed E-state index contributed by atoms with van der Waals surface area (Å²) in [5.41, 5.74) is 0.794. The van der Waals surface area contributed by atoms with Crippen LogP contribution in [0.5, 0.6) is 0 Å². The Bertz CT molecular complexity index is 2360. The first-order valence-corrected chi connectivity index (χ1v) is 17.5. The van der Waals surface area contributed by atoms with Gasteiger partial charge in [-0.15, -0.1) is 0 Å². The summed E-state index contributed by atoms with van der Waals surface area (Å²) >= 11 is 0. The summed E-state index contributed by atoms with van der Waals surface area (Å²) in [6, 6.07) is 15.2. The molecular formula is C30H28N8O6S2. The smallest absolute Gasteiger partial charge is 0.269 e. The number of furan rings is 1. The van der Waals surface area contributed by atoms with Gasteiger partial charge in [0, 0.05) is 30.9 Å². The van der Waals surface area contributed by atoms with Crippen LogP contribution in [0.15, 0.2) is 82.6 Å². The van der Waals surface area contributed by atoms with E-state index in [0.29, 0.717) is 45.9 Å². The number of aliphatic hydroxyl groups is 1. The fourth-order valence-electron chi connectivity index (χ4n) is 5.89. The molecule has 7 rings (SSSR count). The quantitative estimate of drug-likeness (QED) is 0.229. The molecule has 1 aliphatic rings. The molecule has 16 heteroatoms. The molecular weight excluding hydrogens is 633 g/mol. The lowest BCUT2D eigenvalue weighted by atomic mass is 9.89. The predicted molar refractivity (Wildman–Crippen MR) is 167 cm³/mol. The number of aliphatic hydroxyl groups excluding tert-OH is 1. The number of sulfonamides is 1. The molecule has 0 unspecified atom stereocenters. The van der Waals surface area contributed by atoms with Crippen molar-refractivity contribution in [3.8, 4) is 23.3 Å². The van der Waals surface area contributed by atoms with Crippen LogP contribution in [0.1, 0.15) is 25.5 Å². The zero-order valence-corrected chi connectivity index (χ0v) is 26.2. The summed E-state index contributed by atoms with van der Waals surface area (Å²) in [6.07, 6.45) is 6.73. The highest BCUT2D eigenvalue weighted by Crippen LogP contribution is 2.38. The van der Waals surface area contributed by atoms with Crippen LogP contribution in [0.2, 0.25) is 0 Å². The number of pyridine rings is 1. The summed E-state index contributed by atoms with van der Waals surface area (Å²) in [6.45, 7) is 1.69. The third kappa shape index (κ3) is 4.62. The molecule has 0 bridgehead atoms. The van der Waals surface area contributed by atoms with E-state index in [1.165, 1.54) is 28.8 Å². The van der Waals surface area contributed by atoms with Gasteiger partial charge in [0.1, 0.15) is 23.4 Å². The third-order valence-corrected chi connectivity index (χ3v) is 11.8. The standard InChI is InChI=1S/C30H28N8O6S2/c1-2-14-45(40,41)35-19-30(20-35,11-12-31)37-17-21(15-33-37)38-27-24-10-13-36(46(42,43)23-6-4-3-5-7-23)28(24)32-16-25(27)34-29(38)26-9-8-22(18-39)44-26/h3-10,13,15-17,39H,2,11,14,18-20H2,1H3. The Hall–Kier alpha value is -4.82. The molecule has 6 aromatic rings. The van der Waals surface area contributed by atoms with Gasteiger partial charge in [0.05, 0.1) is 46.7 Å². The number of hydrogen-bond donors (Lipinski definition) is 1. The van der Waals surface area contributed by atoms with Gasteiger partial charge in [0.15, 0.2) is 17.2 Å². The van der Waals surface area contributed by atoms with E-state index in [-0.39, 0.29) is 42.4 Å². The molecule has 1 N–H and O–H groups in total. The van der Waals surface area contributed by atoms with Crippen LogP contribution in [0.4, 0.5) is 0 Å². The summed E-state index contributed by atoms with van der Waals surface area (Å²) in [7, 11) is -7.43. The van der Waals surface area contributed by atoms with Crippen LogP contribution in [-0.4, -0.2) is 73.4 Å². The second kappa shape index (κ2) is 10.9. The zero-order valence-electron chi connectivity index (χ0n) is 24.6. The molecule has 1 aromatic carbocycles. The molecule has 1 saturated heterocycles. The Balaban J connectivity index is 1.40. The first kappa shape index (κ1) is 29.9. The normalized spacial score (nSPS) is 15.3. The zero-order chi connectivity index (χ0) is 32.3. The molecule has 0 aliphatic carbocycles. The van der Waals surface area contributed by atoms with Gasteiger partial charge in [0.2, 0.25) is 10.0 Å². The highest BCUT2D eigenvalue weighted by molar-refractivity contribution is 7.90. The first-order chi connectivity index (χ1) is 22.1. The van der Waals surface area contributed by atoms with Gasteiger partial charge >= 0.3 is 0 Å². The Kier molecular flexibility index (Phi) is 7.09. The summed E-state index contributed by atoms with van der Waals surface area (Å²) < 4.78 is 64.3. The van der Waals surface area contributed by atoms with E-state index in [2.05, 4.69) is 16.2 Å². The Labute approximate surface area is 263 Å². The number of rotatable bonds is 10. The van der Waals surface area contributed by atoms with Gasteiger partial charge < -0.3 is 9.52 Å². The van der Waals surface area contributed by atoms with Crippen molar-refractivity contribution in [2.75, 3.05) is 18.8 Å². The maximum absolute atomic E-state index is 13.6. The molecule has 0 amide bonds. The largest absolute Gasteiger partial charge is 0.455 e. The average molecular weight is 661 g/mol. The van der Waals surface area contributed by atoms with Crippen molar-refractivity contribution < 1.29 is 26.4 Å². The van der Waals surface area contributed by atoms with E-state index >= 15 is 0 Å². The molecule has 14 nitrogen and oxygen atoms in total. The van der Waals surface area contributed by atoms with E-state index < -0.39 is 25.6 Å². The third-order valence-electron chi connectivity index (χ3n) is 8.15. The minimum atomic E-state index is -3.98. The lowest BCUT2D eigenvalue weighted by molar-refractivity contribution is 0.0717. The fraction of sp³-hybridized carbons (Fsp3) is 0.267. The van der Waals surface area contributed by atoms with Crippen LogP contribution in [0.3, 0.4) is 0 Å². The second-order valence-corrected chi connectivity index (χ2v) is 15.0. The number of aromatic nitrogens is 6. The highest BCUT2D eigenvalue weighted by Gasteiger charge is 2.50. The van der Waals surface area contributed by atoms with Crippen LogP contribution in [-0.2, 0) is 32.2 Å². The second-order valence-electron chi connectivity index (χ2n) is 11.1. The van der Waals surface area contributed by atoms with Crippen LogP contribution in [0, 0.1) is 11.3 Å². The van der Waals surface area contributed by atoms with Crippen molar-refractivity contribution in [1.29, 1.82) is 5.26 Å². The van der Waals surface area contributed by atoms with Crippen molar-refractivity contribution in [3.63, 3.8) is 0 Å². The minimum Gasteiger partial charge on any atom is -0.455 e. The van der Waals surface area contributed by atoms with E-state index in [1.54, 1.807) is 65.0 Å². The average Bonchev–Trinajstić information content (AvgIpc) is 3.83. The number of nitriles is 1. The molecule has 236 valence electrons. The lowest BCUT2D eigenvalue weighted by Gasteiger charge is -2.47. The van der Waals surface area contributed by atoms with Crippen molar-refractivity contribution in [1.82, 2.24) is 32.6 Å². The van der Waals surface area contributed by atoms with Gasteiger partial charge in [-0.3, -0.25) is 9.25 Å². The van der Waals surface area contributed by atoms with E-state index in [4.69, 9.17) is 9.40 Å². The Morgan fingerprint density at radius 1 is 1.07 bits per heavy atom. The van der Waals surface area contributed by atoms with Crippen molar-refractivity contribution in [2.24, 2.45) is 0 Å². The Morgan fingerprint density at radius 2 is 1.85 bits per heavy atom. The molecule has 0 atom stereocenters. The van der Waals surface area contributed by atoms with Gasteiger partial charge in [-0.1, -0.05) is 25.1 Å². The summed E-state index contributed by atoms with van der Waals surface area (Å²) in [5.74, 6) is 1.03. The van der Waals surface area contributed by atoms with Crippen LogP contribution in [0.25, 0.3) is 39.3 Å². The number of fused-ring (bicyclic) bond motifs is 3. The number of benzene rings is 1. The topological polar surface area (TPSA) is 182 Å². The molecule has 0 radical (unpaired) electrons. The highest BCUT2D eigenvalue weighted by atomic mass is 32.2. The molecule has 1 aliphatic heterocycles. The molecule has 5 aromatic heterocycles. The SMILES string of the molecule is CCCS(=O)(=O)N1CC(CC#N)(n2cc(-n3c(-c4ccc(CO)o4)nc4cnc5c(ccn5S(=O)(=O)c5ccccc5)c43)cn2)C1. The maximum atomic E-state index is 13.6. The number of imidazole rings is 1. The molecule has 0 saturated carbocycles. The van der Waals surface area contributed by atoms with Crippen molar-refractivity contribution in [2.45, 2.75) is 36.8 Å². The molecule has 1 fully saturated rings. The van der Waals surface area contributed by atoms with Crippen molar-refractivity contribution in [3.05, 3.63) is 79.1 Å². The van der Waals surface area contributed by atoms with Gasteiger partial charge in [-0.2, -0.15) is 14.7 Å². The Morgan fingerprint density at radius 3 is 2.54 bits per heavy atom. The van der Waals surface area contributed by atoms with E-state index in [1.807, 2.05) is 0 Å². The summed E-state index contributed by atoms with van der Waals surface area (Å²) in [5, 5.41) is 24.4. The van der Waals surface area contributed by atoms with E-state index in [0.717, 1.165) is 3.97 Å². The first-order valence-electron chi connectivity index (χ1n) is 14.4. The van der Waals surface area contributed by atoms with E-state index in [9.17, 15) is 27.2 Å². The lowest BCUT2D eigenvalue weighted by Crippen LogP contribution is -2.64. The minimum absolute atomic E-state index is 0.0209. The van der Waals surface area contributed by atoms with Gasteiger partial charge in [0.25, 0.3) is 10.0 Å². The molecule has 46 heavy (non-hydrogen) atoms. The van der Waals surface area contributed by atoms with Crippen LogP contribution >= 0.6 is 0 Å². The van der Waals surface area contributed by atoms with Crippen molar-refractivity contribution >= 4 is 42.1 Å². The van der Waals surface area contributed by atoms with Gasteiger partial charge in [-0.05, 0) is 36.8 Å². The molecule has 6 heterocycles. The number of hydrogen-bond acceptors (Lipinski definition) is 10. The maximum Gasteiger partial charge on any atom is 0.269 e. The predicted octanol–water partition coefficient (Wildman–Crippen LogP) is 3.23. The molecule has 0 spiro atoms. The monoisotopic (exact) mass is 660 g/mol. The van der Waals surface area contributed by atoms with Crippen LogP contribution < -0.4 is 0 Å². The number of nitrogens with zero attached hydrogens (tertiary/aromatic N) is 8. The van der Waals surface area contributed by atoms with Gasteiger partial charge in [-0.25, -0.2) is 30.8 Å². The summed E-state index contributed by atoms with van der Waals surface area (Å²) in [4.78, 5) is 9.37. The fourth-order valence-corrected chi connectivity index (χ4v) is 8.86.